The van der Waals surface area contributed by atoms with Crippen molar-refractivity contribution in [3.8, 4) is 5.75 Å². The van der Waals surface area contributed by atoms with Crippen LogP contribution in [0.3, 0.4) is 0 Å². The van der Waals surface area contributed by atoms with E-state index in [1.54, 1.807) is 0 Å². The molecule has 20 heavy (non-hydrogen) atoms. The van der Waals surface area contributed by atoms with Gasteiger partial charge in [-0.05, 0) is 25.6 Å². The Balaban J connectivity index is 2.05. The molecule has 0 amide bonds. The Morgan fingerprint density at radius 3 is 2.70 bits per heavy atom. The van der Waals surface area contributed by atoms with Crippen molar-refractivity contribution < 1.29 is 4.74 Å². The topological polar surface area (TPSA) is 24.5 Å². The van der Waals surface area contributed by atoms with Gasteiger partial charge < -0.3 is 15.0 Å². The zero-order chi connectivity index (χ0) is 14.8. The molecule has 0 saturated carbocycles. The molecule has 3 nitrogen and oxygen atoms in total. The Kier molecular flexibility index (Phi) is 4.71. The molecule has 2 rings (SSSR count). The molecule has 0 saturated heterocycles. The lowest BCUT2D eigenvalue weighted by Crippen LogP contribution is -2.42. The van der Waals surface area contributed by atoms with E-state index in [1.165, 1.54) is 5.56 Å². The van der Waals surface area contributed by atoms with Crippen LogP contribution in [0, 0.1) is 11.3 Å². The van der Waals surface area contributed by atoms with Crippen molar-refractivity contribution in [1.82, 2.24) is 10.2 Å². The molecule has 0 spiro atoms. The maximum Gasteiger partial charge on any atom is 0.124 e. The predicted octanol–water partition coefficient (Wildman–Crippen LogP) is 2.93. The summed E-state index contributed by atoms with van der Waals surface area (Å²) in [6.45, 7) is 9.77. The second-order valence-electron chi connectivity index (χ2n) is 7.09. The SMILES string of the molecule is CC1COc2ccccc2C1NCC(C)(C)CN(C)C. The average Bonchev–Trinajstić information content (AvgIpc) is 2.36. The van der Waals surface area contributed by atoms with Crippen LogP contribution in [-0.2, 0) is 0 Å². The fourth-order valence-corrected chi connectivity index (χ4v) is 3.10. The third-order valence-electron chi connectivity index (χ3n) is 3.87. The molecule has 1 N–H and O–H groups in total. The van der Waals surface area contributed by atoms with Gasteiger partial charge in [-0.1, -0.05) is 39.0 Å². The quantitative estimate of drug-likeness (QED) is 0.895. The molecule has 0 bridgehead atoms. The summed E-state index contributed by atoms with van der Waals surface area (Å²) in [7, 11) is 4.27. The molecule has 1 aromatic carbocycles. The average molecular weight is 276 g/mol. The van der Waals surface area contributed by atoms with Crippen LogP contribution in [0.2, 0.25) is 0 Å². The largest absolute Gasteiger partial charge is 0.493 e. The Labute approximate surface area is 123 Å². The second kappa shape index (κ2) is 6.15. The van der Waals surface area contributed by atoms with E-state index in [0.29, 0.717) is 12.0 Å². The monoisotopic (exact) mass is 276 g/mol. The van der Waals surface area contributed by atoms with Gasteiger partial charge in [0, 0.05) is 30.6 Å². The molecular formula is C17H28N2O. The van der Waals surface area contributed by atoms with Crippen molar-refractivity contribution in [2.24, 2.45) is 11.3 Å². The first-order valence-electron chi connectivity index (χ1n) is 7.49. The van der Waals surface area contributed by atoms with E-state index >= 15 is 0 Å². The first kappa shape index (κ1) is 15.3. The van der Waals surface area contributed by atoms with Crippen molar-refractivity contribution in [3.63, 3.8) is 0 Å². The summed E-state index contributed by atoms with van der Waals surface area (Å²) < 4.78 is 5.81. The third-order valence-corrected chi connectivity index (χ3v) is 3.87. The Bertz CT molecular complexity index is 442. The van der Waals surface area contributed by atoms with Crippen LogP contribution in [0.5, 0.6) is 5.75 Å². The summed E-state index contributed by atoms with van der Waals surface area (Å²) in [5.41, 5.74) is 1.56. The highest BCUT2D eigenvalue weighted by Crippen LogP contribution is 2.35. The maximum absolute atomic E-state index is 5.81. The summed E-state index contributed by atoms with van der Waals surface area (Å²) >= 11 is 0. The number of ether oxygens (including phenoxy) is 1. The zero-order valence-corrected chi connectivity index (χ0v) is 13.4. The summed E-state index contributed by atoms with van der Waals surface area (Å²) in [4.78, 5) is 2.25. The second-order valence-corrected chi connectivity index (χ2v) is 7.09. The minimum atomic E-state index is 0.260. The number of para-hydroxylation sites is 1. The smallest absolute Gasteiger partial charge is 0.124 e. The molecule has 112 valence electrons. The highest BCUT2D eigenvalue weighted by molar-refractivity contribution is 5.37. The molecule has 1 heterocycles. The molecule has 0 aliphatic carbocycles. The highest BCUT2D eigenvalue weighted by Gasteiger charge is 2.29. The summed E-state index contributed by atoms with van der Waals surface area (Å²) in [5.74, 6) is 1.54. The fourth-order valence-electron chi connectivity index (χ4n) is 3.10. The molecule has 0 fully saturated rings. The van der Waals surface area contributed by atoms with Gasteiger partial charge in [-0.15, -0.1) is 0 Å². The minimum absolute atomic E-state index is 0.260. The number of hydrogen-bond donors (Lipinski definition) is 1. The zero-order valence-electron chi connectivity index (χ0n) is 13.4. The molecule has 0 aromatic heterocycles. The Morgan fingerprint density at radius 1 is 1.30 bits per heavy atom. The Hall–Kier alpha value is -1.06. The normalized spacial score (nSPS) is 22.5. The van der Waals surface area contributed by atoms with Gasteiger partial charge in [-0.25, -0.2) is 0 Å². The van der Waals surface area contributed by atoms with Gasteiger partial charge in [0.25, 0.3) is 0 Å². The maximum atomic E-state index is 5.81. The van der Waals surface area contributed by atoms with Crippen LogP contribution in [0.25, 0.3) is 0 Å². The van der Waals surface area contributed by atoms with Crippen LogP contribution < -0.4 is 10.1 Å². The van der Waals surface area contributed by atoms with E-state index in [2.05, 4.69) is 63.3 Å². The minimum Gasteiger partial charge on any atom is -0.493 e. The fraction of sp³-hybridized carbons (Fsp3) is 0.647. The predicted molar refractivity (Wildman–Crippen MR) is 84.2 cm³/mol. The third kappa shape index (κ3) is 3.74. The van der Waals surface area contributed by atoms with Gasteiger partial charge in [-0.2, -0.15) is 0 Å². The van der Waals surface area contributed by atoms with Crippen LogP contribution in [0.15, 0.2) is 24.3 Å². The first-order chi connectivity index (χ1) is 9.39. The lowest BCUT2D eigenvalue weighted by molar-refractivity contribution is 0.166. The number of nitrogens with zero attached hydrogens (tertiary/aromatic N) is 1. The van der Waals surface area contributed by atoms with Gasteiger partial charge >= 0.3 is 0 Å². The number of fused-ring (bicyclic) bond motifs is 1. The first-order valence-corrected chi connectivity index (χ1v) is 7.49. The van der Waals surface area contributed by atoms with Crippen LogP contribution in [-0.4, -0.2) is 38.7 Å². The molecule has 1 aliphatic heterocycles. The molecule has 2 atom stereocenters. The van der Waals surface area contributed by atoms with Crippen molar-refractivity contribution in [2.75, 3.05) is 33.8 Å². The number of benzene rings is 1. The van der Waals surface area contributed by atoms with Gasteiger partial charge in [0.2, 0.25) is 0 Å². The van der Waals surface area contributed by atoms with Crippen molar-refractivity contribution in [1.29, 1.82) is 0 Å². The highest BCUT2D eigenvalue weighted by atomic mass is 16.5. The number of nitrogens with one attached hydrogen (secondary N) is 1. The van der Waals surface area contributed by atoms with Crippen molar-refractivity contribution in [3.05, 3.63) is 29.8 Å². The van der Waals surface area contributed by atoms with Crippen molar-refractivity contribution in [2.45, 2.75) is 26.8 Å². The summed E-state index contributed by atoms with van der Waals surface area (Å²) in [6.07, 6.45) is 0. The van der Waals surface area contributed by atoms with E-state index in [0.717, 1.165) is 25.4 Å². The van der Waals surface area contributed by atoms with Gasteiger partial charge in [-0.3, -0.25) is 0 Å². The van der Waals surface area contributed by atoms with Crippen LogP contribution in [0.4, 0.5) is 0 Å². The summed E-state index contributed by atoms with van der Waals surface area (Å²) in [5, 5.41) is 3.77. The summed E-state index contributed by atoms with van der Waals surface area (Å²) in [6, 6.07) is 8.78. The number of hydrogen-bond acceptors (Lipinski definition) is 3. The lowest BCUT2D eigenvalue weighted by Gasteiger charge is -2.36. The number of rotatable bonds is 5. The molecular weight excluding hydrogens is 248 g/mol. The molecule has 0 radical (unpaired) electrons. The standard InChI is InChI=1S/C17H28N2O/c1-13-10-20-15-9-7-6-8-14(15)16(13)18-11-17(2,3)12-19(4)5/h6-9,13,16,18H,10-12H2,1-5H3. The molecule has 1 aliphatic rings. The van der Waals surface area contributed by atoms with E-state index in [1.807, 2.05) is 6.07 Å². The molecule has 2 unspecified atom stereocenters. The van der Waals surface area contributed by atoms with Crippen molar-refractivity contribution >= 4 is 0 Å². The Morgan fingerprint density at radius 2 is 2.00 bits per heavy atom. The van der Waals surface area contributed by atoms with E-state index in [-0.39, 0.29) is 5.41 Å². The lowest BCUT2D eigenvalue weighted by atomic mass is 9.88. The molecule has 3 heteroatoms. The van der Waals surface area contributed by atoms with Crippen LogP contribution >= 0.6 is 0 Å². The van der Waals surface area contributed by atoms with Gasteiger partial charge in [0.15, 0.2) is 0 Å². The van der Waals surface area contributed by atoms with E-state index in [9.17, 15) is 0 Å². The van der Waals surface area contributed by atoms with Crippen LogP contribution in [0.1, 0.15) is 32.4 Å². The van der Waals surface area contributed by atoms with E-state index < -0.39 is 0 Å². The van der Waals surface area contributed by atoms with E-state index in [4.69, 9.17) is 4.74 Å². The molecule has 1 aromatic rings. The van der Waals surface area contributed by atoms with Gasteiger partial charge in [0.1, 0.15) is 5.75 Å². The van der Waals surface area contributed by atoms with Gasteiger partial charge in [0.05, 0.1) is 6.61 Å².